The molecule has 0 aliphatic carbocycles. The van der Waals surface area contributed by atoms with E-state index in [0.29, 0.717) is 13.1 Å². The van der Waals surface area contributed by atoms with Gasteiger partial charge in [-0.05, 0) is 76.0 Å². The van der Waals surface area contributed by atoms with Crippen LogP contribution < -0.4 is 10.6 Å². The number of likely N-dealkylation sites (tertiary alicyclic amines) is 1. The average Bonchev–Trinajstić information content (AvgIpc) is 2.56. The molecule has 0 aromatic heterocycles. The molecule has 5 heteroatoms. The first-order chi connectivity index (χ1) is 11.2. The SMILES string of the molecule is CNCCC1CCN(CC(=O)NCCc2ccc(F)cc2)CC1. The molecule has 2 rings (SSSR count). The summed E-state index contributed by atoms with van der Waals surface area (Å²) in [7, 11) is 1.99. The number of carbonyl (C=O) groups is 1. The van der Waals surface area contributed by atoms with Crippen LogP contribution in [0.15, 0.2) is 24.3 Å². The van der Waals surface area contributed by atoms with Crippen LogP contribution in [0.5, 0.6) is 0 Å². The van der Waals surface area contributed by atoms with E-state index < -0.39 is 0 Å². The van der Waals surface area contributed by atoms with Gasteiger partial charge in [0.25, 0.3) is 0 Å². The molecule has 0 bridgehead atoms. The molecule has 1 aromatic rings. The number of nitrogens with one attached hydrogen (secondary N) is 2. The van der Waals surface area contributed by atoms with Crippen LogP contribution in [0.1, 0.15) is 24.8 Å². The molecule has 1 heterocycles. The van der Waals surface area contributed by atoms with Crippen molar-refractivity contribution in [2.45, 2.75) is 25.7 Å². The van der Waals surface area contributed by atoms with Gasteiger partial charge in [0.05, 0.1) is 6.54 Å². The van der Waals surface area contributed by atoms with E-state index in [0.717, 1.165) is 37.5 Å². The number of hydrogen-bond donors (Lipinski definition) is 2. The van der Waals surface area contributed by atoms with E-state index in [1.807, 2.05) is 7.05 Å². The molecule has 0 saturated carbocycles. The van der Waals surface area contributed by atoms with Gasteiger partial charge in [-0.2, -0.15) is 0 Å². The topological polar surface area (TPSA) is 44.4 Å². The van der Waals surface area contributed by atoms with Gasteiger partial charge in [-0.15, -0.1) is 0 Å². The van der Waals surface area contributed by atoms with Crippen LogP contribution in [-0.2, 0) is 11.2 Å². The van der Waals surface area contributed by atoms with Gasteiger partial charge in [0, 0.05) is 6.54 Å². The lowest BCUT2D eigenvalue weighted by Gasteiger charge is -2.31. The maximum Gasteiger partial charge on any atom is 0.234 e. The molecule has 0 radical (unpaired) electrons. The van der Waals surface area contributed by atoms with Crippen LogP contribution in [0.25, 0.3) is 0 Å². The Bertz CT molecular complexity index is 470. The fraction of sp³-hybridized carbons (Fsp3) is 0.611. The predicted octanol–water partition coefficient (Wildman–Crippen LogP) is 1.81. The van der Waals surface area contributed by atoms with E-state index in [-0.39, 0.29) is 11.7 Å². The number of halogens is 1. The molecule has 1 aliphatic rings. The monoisotopic (exact) mass is 321 g/mol. The van der Waals surface area contributed by atoms with Crippen molar-refractivity contribution in [3.63, 3.8) is 0 Å². The van der Waals surface area contributed by atoms with E-state index in [1.165, 1.54) is 31.4 Å². The van der Waals surface area contributed by atoms with Crippen molar-refractivity contribution in [1.82, 2.24) is 15.5 Å². The van der Waals surface area contributed by atoms with Gasteiger partial charge in [0.1, 0.15) is 5.82 Å². The highest BCUT2D eigenvalue weighted by Gasteiger charge is 2.20. The van der Waals surface area contributed by atoms with Gasteiger partial charge in [0.2, 0.25) is 5.91 Å². The van der Waals surface area contributed by atoms with E-state index in [2.05, 4.69) is 15.5 Å². The molecule has 0 spiro atoms. The van der Waals surface area contributed by atoms with E-state index in [1.54, 1.807) is 12.1 Å². The van der Waals surface area contributed by atoms with Crippen molar-refractivity contribution in [3.05, 3.63) is 35.6 Å². The number of hydrogen-bond acceptors (Lipinski definition) is 3. The third-order valence-corrected chi connectivity index (χ3v) is 4.53. The van der Waals surface area contributed by atoms with Gasteiger partial charge in [0.15, 0.2) is 0 Å². The van der Waals surface area contributed by atoms with Crippen LogP contribution in [0, 0.1) is 11.7 Å². The maximum absolute atomic E-state index is 12.8. The second kappa shape index (κ2) is 9.63. The number of rotatable bonds is 8. The van der Waals surface area contributed by atoms with E-state index >= 15 is 0 Å². The van der Waals surface area contributed by atoms with Crippen LogP contribution in [0.2, 0.25) is 0 Å². The summed E-state index contributed by atoms with van der Waals surface area (Å²) in [5, 5.41) is 6.15. The summed E-state index contributed by atoms with van der Waals surface area (Å²) in [5.41, 5.74) is 1.04. The molecule has 1 aliphatic heterocycles. The molecular weight excluding hydrogens is 293 g/mol. The van der Waals surface area contributed by atoms with E-state index in [9.17, 15) is 9.18 Å². The molecule has 1 saturated heterocycles. The lowest BCUT2D eigenvalue weighted by atomic mass is 9.93. The highest BCUT2D eigenvalue weighted by atomic mass is 19.1. The van der Waals surface area contributed by atoms with Crippen LogP contribution in [0.3, 0.4) is 0 Å². The second-order valence-electron chi connectivity index (χ2n) is 6.34. The first-order valence-corrected chi connectivity index (χ1v) is 8.55. The first-order valence-electron chi connectivity index (χ1n) is 8.55. The highest BCUT2D eigenvalue weighted by molar-refractivity contribution is 5.78. The fourth-order valence-electron chi connectivity index (χ4n) is 3.04. The van der Waals surface area contributed by atoms with Crippen LogP contribution in [-0.4, -0.2) is 50.6 Å². The third-order valence-electron chi connectivity index (χ3n) is 4.53. The Morgan fingerprint density at radius 2 is 1.91 bits per heavy atom. The summed E-state index contributed by atoms with van der Waals surface area (Å²) < 4.78 is 12.8. The second-order valence-corrected chi connectivity index (χ2v) is 6.34. The number of nitrogens with zero attached hydrogens (tertiary/aromatic N) is 1. The Kier molecular flexibility index (Phi) is 7.49. The van der Waals surface area contributed by atoms with Gasteiger partial charge >= 0.3 is 0 Å². The summed E-state index contributed by atoms with van der Waals surface area (Å²) >= 11 is 0. The summed E-state index contributed by atoms with van der Waals surface area (Å²) in [5.74, 6) is 0.650. The molecule has 1 aromatic carbocycles. The summed E-state index contributed by atoms with van der Waals surface area (Å²) in [4.78, 5) is 14.2. The average molecular weight is 321 g/mol. The maximum atomic E-state index is 12.8. The first kappa shape index (κ1) is 17.9. The zero-order chi connectivity index (χ0) is 16.5. The molecular formula is C18H28FN3O. The largest absolute Gasteiger partial charge is 0.355 e. The molecule has 1 amide bonds. The Labute approximate surface area is 138 Å². The third kappa shape index (κ3) is 6.67. The van der Waals surface area contributed by atoms with Crippen LogP contribution in [0.4, 0.5) is 4.39 Å². The van der Waals surface area contributed by atoms with Gasteiger partial charge in [-0.25, -0.2) is 4.39 Å². The van der Waals surface area contributed by atoms with Gasteiger partial charge < -0.3 is 10.6 Å². The number of carbonyl (C=O) groups excluding carboxylic acids is 1. The number of amides is 1. The molecule has 23 heavy (non-hydrogen) atoms. The fourth-order valence-corrected chi connectivity index (χ4v) is 3.04. The Balaban J connectivity index is 1.59. The minimum atomic E-state index is -0.226. The molecule has 0 unspecified atom stereocenters. The van der Waals surface area contributed by atoms with Crippen molar-refractivity contribution < 1.29 is 9.18 Å². The van der Waals surface area contributed by atoms with Crippen molar-refractivity contribution in [2.24, 2.45) is 5.92 Å². The van der Waals surface area contributed by atoms with Gasteiger partial charge in [-0.1, -0.05) is 12.1 Å². The highest BCUT2D eigenvalue weighted by Crippen LogP contribution is 2.19. The van der Waals surface area contributed by atoms with Crippen molar-refractivity contribution >= 4 is 5.91 Å². The van der Waals surface area contributed by atoms with Crippen LogP contribution >= 0.6 is 0 Å². The molecule has 4 nitrogen and oxygen atoms in total. The van der Waals surface area contributed by atoms with Crippen molar-refractivity contribution in [2.75, 3.05) is 39.8 Å². The molecule has 128 valence electrons. The number of piperidine rings is 1. The minimum Gasteiger partial charge on any atom is -0.355 e. The smallest absolute Gasteiger partial charge is 0.234 e. The normalized spacial score (nSPS) is 16.4. The Morgan fingerprint density at radius 3 is 2.57 bits per heavy atom. The summed E-state index contributed by atoms with van der Waals surface area (Å²) in [6.07, 6.45) is 4.33. The number of benzene rings is 1. The molecule has 0 atom stereocenters. The zero-order valence-corrected chi connectivity index (χ0v) is 14.0. The standard InChI is InChI=1S/C18H28FN3O/c1-20-10-6-16-8-12-22(13-9-16)14-18(23)21-11-7-15-2-4-17(19)5-3-15/h2-5,16,20H,6-14H2,1H3,(H,21,23). The van der Waals surface area contributed by atoms with Gasteiger partial charge in [-0.3, -0.25) is 9.69 Å². The zero-order valence-electron chi connectivity index (χ0n) is 14.0. The lowest BCUT2D eigenvalue weighted by molar-refractivity contribution is -0.122. The lowest BCUT2D eigenvalue weighted by Crippen LogP contribution is -2.42. The summed E-state index contributed by atoms with van der Waals surface area (Å²) in [6, 6.07) is 6.43. The molecule has 2 N–H and O–H groups in total. The predicted molar refractivity (Wildman–Crippen MR) is 90.8 cm³/mol. The van der Waals surface area contributed by atoms with Crippen molar-refractivity contribution in [3.8, 4) is 0 Å². The summed E-state index contributed by atoms with van der Waals surface area (Å²) in [6.45, 7) is 4.19. The van der Waals surface area contributed by atoms with Crippen molar-refractivity contribution in [1.29, 1.82) is 0 Å². The molecule has 1 fully saturated rings. The Hall–Kier alpha value is -1.46. The Morgan fingerprint density at radius 1 is 1.22 bits per heavy atom. The quantitative estimate of drug-likeness (QED) is 0.767. The van der Waals surface area contributed by atoms with E-state index in [4.69, 9.17) is 0 Å². The minimum absolute atomic E-state index is 0.0841.